The van der Waals surface area contributed by atoms with Crippen molar-refractivity contribution in [2.75, 3.05) is 27.3 Å². The Morgan fingerprint density at radius 1 is 0.708 bits per heavy atom. The smallest absolute Gasteiger partial charge is 0.408 e. The van der Waals surface area contributed by atoms with Crippen molar-refractivity contribution in [2.45, 2.75) is 120 Å². The molecular weight excluding hydrogens is 640 g/mol. The van der Waals surface area contributed by atoms with E-state index in [0.717, 1.165) is 0 Å². The van der Waals surface area contributed by atoms with Crippen LogP contribution in [-0.2, 0) is 33.4 Å². The fourth-order valence-corrected chi connectivity index (χ4v) is 7.60. The number of hydrogen-bond acceptors (Lipinski definition) is 9. The van der Waals surface area contributed by atoms with Gasteiger partial charge in [0.05, 0.1) is 20.3 Å². The quantitative estimate of drug-likeness (QED) is 0.319. The first-order valence-corrected chi connectivity index (χ1v) is 16.7. The number of nitrogens with two attached hydrogens (primary N) is 1. The van der Waals surface area contributed by atoms with Crippen molar-refractivity contribution < 1.29 is 38.2 Å². The zero-order valence-corrected chi connectivity index (χ0v) is 32.5. The molecule has 48 heavy (non-hydrogen) atoms. The first-order valence-electron chi connectivity index (χ1n) is 16.7. The fourth-order valence-electron chi connectivity index (χ4n) is 7.60. The number of likely N-dealkylation sites (tertiary alicyclic amines) is 2. The second kappa shape index (κ2) is 13.6. The standard InChI is InChI=1S/C20H34N2O5.C15H26N2O3.ClH/c1-18(2,3)14(21-17(25)27-19(4,5)6)15(23)22-10-11-12(20(11,7)8)13(22)16(24)26-9;1-14(2,3)11(16)12(18)17-7-8-9(15(8,4)5)10(17)13(19)20-6;/h11-14H,10H2,1-9H3,(H,21,25);8-11H,7,16H2,1-6H3;1H/t11-,12-,13-,14+;8-,9-,10-,11+;/m00./s1. The molecule has 13 heteroatoms. The number of carbonyl (C=O) groups is 5. The number of fused-ring (bicyclic) bond motifs is 2. The topological polar surface area (TPSA) is 158 Å². The molecule has 0 aromatic carbocycles. The second-order valence-electron chi connectivity index (χ2n) is 18.1. The Morgan fingerprint density at radius 2 is 1.08 bits per heavy atom. The molecule has 3 amide bonds. The first-order chi connectivity index (χ1) is 21.1. The lowest BCUT2D eigenvalue weighted by atomic mass is 9.85. The van der Waals surface area contributed by atoms with Gasteiger partial charge in [0.25, 0.3) is 0 Å². The van der Waals surface area contributed by atoms with E-state index in [1.54, 1.807) is 30.6 Å². The number of hydrogen-bond donors (Lipinski definition) is 2. The van der Waals surface area contributed by atoms with Gasteiger partial charge in [-0.1, -0.05) is 69.2 Å². The van der Waals surface area contributed by atoms with Crippen LogP contribution in [0.3, 0.4) is 0 Å². The van der Waals surface area contributed by atoms with Crippen molar-refractivity contribution in [1.29, 1.82) is 0 Å². The largest absolute Gasteiger partial charge is 0.467 e. The number of methoxy groups -OCH3 is 2. The van der Waals surface area contributed by atoms with Crippen LogP contribution in [0.25, 0.3) is 0 Å². The van der Waals surface area contributed by atoms with E-state index < -0.39 is 47.2 Å². The minimum atomic E-state index is -0.805. The van der Waals surface area contributed by atoms with Crippen molar-refractivity contribution in [1.82, 2.24) is 15.1 Å². The number of amides is 3. The van der Waals surface area contributed by atoms with E-state index in [1.165, 1.54) is 14.2 Å². The summed E-state index contributed by atoms with van der Waals surface area (Å²) in [6, 6.07) is -2.48. The summed E-state index contributed by atoms with van der Waals surface area (Å²) in [6.07, 6.45) is -0.643. The summed E-state index contributed by atoms with van der Waals surface area (Å²) in [5.41, 5.74) is 4.67. The van der Waals surface area contributed by atoms with Gasteiger partial charge in [-0.2, -0.15) is 0 Å². The van der Waals surface area contributed by atoms with Gasteiger partial charge in [0.15, 0.2) is 0 Å². The molecule has 0 unspecified atom stereocenters. The highest BCUT2D eigenvalue weighted by atomic mass is 35.5. The lowest BCUT2D eigenvalue weighted by molar-refractivity contribution is -0.154. The predicted octanol–water partition coefficient (Wildman–Crippen LogP) is 4.02. The van der Waals surface area contributed by atoms with E-state index in [2.05, 4.69) is 33.0 Å². The molecule has 2 heterocycles. The maximum atomic E-state index is 13.3. The Bertz CT molecular complexity index is 1260. The minimum absolute atomic E-state index is 0. The van der Waals surface area contributed by atoms with Crippen LogP contribution in [0.2, 0.25) is 0 Å². The van der Waals surface area contributed by atoms with Gasteiger partial charge in [0.1, 0.15) is 23.7 Å². The SMILES string of the molecule is COC(=O)[C@@H]1[C@@H]2[C@H](CN1C(=O)[C@@H](N)C(C)(C)C)C2(C)C.COC(=O)[C@@H]1[C@@H]2[C@H](CN1C(=O)[C@@H](NC(=O)OC(C)(C)C)C(C)(C)C)C2(C)C.Cl. The van der Waals surface area contributed by atoms with Gasteiger partial charge < -0.3 is 35.1 Å². The van der Waals surface area contributed by atoms with E-state index in [1.807, 2.05) is 41.5 Å². The molecule has 0 aromatic heterocycles. The summed E-state index contributed by atoms with van der Waals surface area (Å²) in [7, 11) is 2.71. The Hall–Kier alpha value is -2.60. The third-order valence-corrected chi connectivity index (χ3v) is 10.8. The molecule has 12 nitrogen and oxygen atoms in total. The van der Waals surface area contributed by atoms with Gasteiger partial charge in [-0.3, -0.25) is 9.59 Å². The zero-order valence-electron chi connectivity index (χ0n) is 31.7. The van der Waals surface area contributed by atoms with Crippen molar-refractivity contribution in [3.05, 3.63) is 0 Å². The van der Waals surface area contributed by atoms with E-state index in [0.29, 0.717) is 19.0 Å². The Balaban J connectivity index is 0.000000340. The maximum Gasteiger partial charge on any atom is 0.408 e. The molecular formula is C35H61ClN4O8. The van der Waals surface area contributed by atoms with E-state index in [9.17, 15) is 24.0 Å². The van der Waals surface area contributed by atoms with Crippen molar-refractivity contribution in [3.8, 4) is 0 Å². The highest BCUT2D eigenvalue weighted by Crippen LogP contribution is 2.66. The summed E-state index contributed by atoms with van der Waals surface area (Å²) in [5.74, 6) is -0.191. The van der Waals surface area contributed by atoms with Crippen LogP contribution in [0.1, 0.15) is 90.0 Å². The fraction of sp³-hybridized carbons (Fsp3) is 0.857. The van der Waals surface area contributed by atoms with Gasteiger partial charge in [-0.05, 0) is 54.3 Å². The molecule has 2 aliphatic carbocycles. The van der Waals surface area contributed by atoms with Gasteiger partial charge in [0.2, 0.25) is 11.8 Å². The number of halogens is 1. The van der Waals surface area contributed by atoms with E-state index in [-0.39, 0.29) is 64.2 Å². The monoisotopic (exact) mass is 700 g/mol. The molecule has 4 aliphatic rings. The lowest BCUT2D eigenvalue weighted by Gasteiger charge is -2.37. The highest BCUT2D eigenvalue weighted by Gasteiger charge is 2.71. The van der Waals surface area contributed by atoms with Crippen molar-refractivity contribution in [3.63, 3.8) is 0 Å². The molecule has 3 N–H and O–H groups in total. The summed E-state index contributed by atoms with van der Waals surface area (Å²) >= 11 is 0. The molecule has 0 bridgehead atoms. The third kappa shape index (κ3) is 8.06. The average Bonchev–Trinajstić information content (AvgIpc) is 3.42. The molecule has 2 saturated carbocycles. The Kier molecular flexibility index (Phi) is 11.8. The Labute approximate surface area is 293 Å². The molecule has 0 radical (unpaired) electrons. The molecule has 2 saturated heterocycles. The van der Waals surface area contributed by atoms with Crippen molar-refractivity contribution >= 4 is 42.3 Å². The van der Waals surface area contributed by atoms with Crippen LogP contribution in [0, 0.1) is 45.3 Å². The molecule has 0 spiro atoms. The molecule has 4 rings (SSSR count). The average molecular weight is 701 g/mol. The molecule has 276 valence electrons. The number of nitrogens with zero attached hydrogens (tertiary/aromatic N) is 2. The van der Waals surface area contributed by atoms with Crippen LogP contribution in [0.5, 0.6) is 0 Å². The van der Waals surface area contributed by atoms with Crippen LogP contribution >= 0.6 is 12.4 Å². The molecule has 0 aromatic rings. The Morgan fingerprint density at radius 3 is 1.40 bits per heavy atom. The number of piperidine rings is 2. The number of esters is 2. The predicted molar refractivity (Wildman–Crippen MR) is 184 cm³/mol. The number of ether oxygens (including phenoxy) is 3. The second-order valence-corrected chi connectivity index (χ2v) is 18.1. The minimum Gasteiger partial charge on any atom is -0.467 e. The number of carbonyl (C=O) groups excluding carboxylic acids is 5. The van der Waals surface area contributed by atoms with Crippen LogP contribution in [0.4, 0.5) is 4.79 Å². The molecule has 8 atom stereocenters. The van der Waals surface area contributed by atoms with Gasteiger partial charge in [0, 0.05) is 24.9 Å². The van der Waals surface area contributed by atoms with E-state index in [4.69, 9.17) is 19.9 Å². The van der Waals surface area contributed by atoms with Crippen molar-refractivity contribution in [2.24, 2.45) is 51.1 Å². The summed E-state index contributed by atoms with van der Waals surface area (Å²) in [4.78, 5) is 65.9. The number of rotatable bonds is 5. The first kappa shape index (κ1) is 41.6. The van der Waals surface area contributed by atoms with Gasteiger partial charge in [-0.15, -0.1) is 12.4 Å². The van der Waals surface area contributed by atoms with Crippen LogP contribution in [-0.4, -0.2) is 96.7 Å². The number of nitrogens with one attached hydrogen (secondary N) is 1. The van der Waals surface area contributed by atoms with Crippen LogP contribution < -0.4 is 11.1 Å². The molecule has 4 fully saturated rings. The third-order valence-electron chi connectivity index (χ3n) is 10.8. The lowest BCUT2D eigenvalue weighted by Crippen LogP contribution is -2.58. The van der Waals surface area contributed by atoms with Crippen LogP contribution in [0.15, 0.2) is 0 Å². The normalized spacial score (nSPS) is 29.0. The highest BCUT2D eigenvalue weighted by molar-refractivity contribution is 5.92. The molecule has 2 aliphatic heterocycles. The summed E-state index contributed by atoms with van der Waals surface area (Å²) in [6.45, 7) is 26.4. The maximum absolute atomic E-state index is 13.3. The van der Waals surface area contributed by atoms with E-state index >= 15 is 0 Å². The van der Waals surface area contributed by atoms with Gasteiger partial charge in [-0.25, -0.2) is 14.4 Å². The zero-order chi connectivity index (χ0) is 36.4. The summed E-state index contributed by atoms with van der Waals surface area (Å²) < 4.78 is 15.2. The van der Waals surface area contributed by atoms with Gasteiger partial charge >= 0.3 is 18.0 Å². The number of alkyl carbamates (subject to hydrolysis) is 1. The summed E-state index contributed by atoms with van der Waals surface area (Å²) in [5, 5.41) is 2.71.